The van der Waals surface area contributed by atoms with Crippen LogP contribution in [0.3, 0.4) is 0 Å². The zero-order valence-corrected chi connectivity index (χ0v) is 15.7. The van der Waals surface area contributed by atoms with Gasteiger partial charge in [0.25, 0.3) is 5.91 Å². The van der Waals surface area contributed by atoms with Crippen LogP contribution >= 0.6 is 0 Å². The van der Waals surface area contributed by atoms with E-state index in [4.69, 9.17) is 0 Å². The monoisotopic (exact) mass is 373 g/mol. The summed E-state index contributed by atoms with van der Waals surface area (Å²) in [5, 5.41) is 4.60. The zero-order valence-electron chi connectivity index (χ0n) is 15.7. The van der Waals surface area contributed by atoms with Gasteiger partial charge in [-0.3, -0.25) is 4.79 Å². The van der Waals surface area contributed by atoms with Crippen LogP contribution in [0.4, 0.5) is 5.69 Å². The van der Waals surface area contributed by atoms with Gasteiger partial charge in [0.1, 0.15) is 12.0 Å². The third-order valence-corrected chi connectivity index (χ3v) is 5.67. The number of nitrogens with zero attached hydrogens (tertiary/aromatic N) is 4. The van der Waals surface area contributed by atoms with Gasteiger partial charge in [-0.1, -0.05) is 24.3 Å². The Morgan fingerprint density at radius 2 is 1.86 bits per heavy atom. The van der Waals surface area contributed by atoms with Gasteiger partial charge in [0, 0.05) is 30.4 Å². The van der Waals surface area contributed by atoms with Gasteiger partial charge in [-0.15, -0.1) is 0 Å². The molecule has 2 aliphatic rings. The van der Waals surface area contributed by atoms with Gasteiger partial charge in [0.2, 0.25) is 0 Å². The maximum Gasteiger partial charge on any atom is 0.272 e. The maximum absolute atomic E-state index is 12.9. The molecule has 1 aliphatic carbocycles. The lowest BCUT2D eigenvalue weighted by molar-refractivity contribution is 0.0706. The minimum atomic E-state index is 0.0169. The summed E-state index contributed by atoms with van der Waals surface area (Å²) < 4.78 is 0. The summed E-state index contributed by atoms with van der Waals surface area (Å²) in [6.07, 6.45) is 7.78. The number of nitrogens with one attached hydrogen (secondary N) is 1. The number of aromatic nitrogens is 3. The number of rotatable bonds is 4. The average molecular weight is 373 g/mol. The molecule has 2 fully saturated rings. The lowest BCUT2D eigenvalue weighted by atomic mass is 9.92. The van der Waals surface area contributed by atoms with Crippen molar-refractivity contribution in [1.82, 2.24) is 19.9 Å². The van der Waals surface area contributed by atoms with E-state index < -0.39 is 0 Å². The number of benzene rings is 1. The SMILES string of the molecule is O=C(c1ccc2ccccc2n1)N1CCC(c2ncncc2NC2CC2)CC1. The number of anilines is 1. The third-order valence-electron chi connectivity index (χ3n) is 5.67. The first kappa shape index (κ1) is 17.1. The summed E-state index contributed by atoms with van der Waals surface area (Å²) in [7, 11) is 0. The van der Waals surface area contributed by atoms with Crippen LogP contribution in [0, 0.1) is 0 Å². The quantitative estimate of drug-likeness (QED) is 0.756. The molecule has 0 atom stereocenters. The summed E-state index contributed by atoms with van der Waals surface area (Å²) in [5.41, 5.74) is 3.54. The van der Waals surface area contributed by atoms with E-state index in [1.807, 2.05) is 47.5 Å². The lowest BCUT2D eigenvalue weighted by Gasteiger charge is -2.32. The van der Waals surface area contributed by atoms with E-state index >= 15 is 0 Å². The Morgan fingerprint density at radius 3 is 2.68 bits per heavy atom. The van der Waals surface area contributed by atoms with Crippen LogP contribution < -0.4 is 5.32 Å². The van der Waals surface area contributed by atoms with Crippen LogP contribution in [0.25, 0.3) is 10.9 Å². The first-order valence-corrected chi connectivity index (χ1v) is 9.99. The predicted octanol–water partition coefficient (Wildman–Crippen LogP) is 3.62. The van der Waals surface area contributed by atoms with E-state index in [2.05, 4.69) is 20.3 Å². The summed E-state index contributed by atoms with van der Waals surface area (Å²) in [4.78, 5) is 28.1. The van der Waals surface area contributed by atoms with Crippen molar-refractivity contribution in [3.05, 3.63) is 60.3 Å². The number of carbonyl (C=O) groups is 1. The van der Waals surface area contributed by atoms with E-state index in [1.165, 1.54) is 12.8 Å². The molecule has 28 heavy (non-hydrogen) atoms. The fourth-order valence-electron chi connectivity index (χ4n) is 3.93. The van der Waals surface area contributed by atoms with Gasteiger partial charge in [0.15, 0.2) is 0 Å². The number of amides is 1. The molecule has 1 amide bonds. The second-order valence-corrected chi connectivity index (χ2v) is 7.70. The average Bonchev–Trinajstić information content (AvgIpc) is 3.57. The molecule has 5 rings (SSSR count). The van der Waals surface area contributed by atoms with Crippen LogP contribution in [0.2, 0.25) is 0 Å². The highest BCUT2D eigenvalue weighted by atomic mass is 16.2. The molecule has 3 heterocycles. The van der Waals surface area contributed by atoms with Gasteiger partial charge in [-0.05, 0) is 37.8 Å². The van der Waals surface area contributed by atoms with Crippen LogP contribution in [0.1, 0.15) is 47.8 Å². The minimum absolute atomic E-state index is 0.0169. The standard InChI is InChI=1S/C22H23N5O/c28-22(19-8-5-15-3-1-2-4-18(15)26-19)27-11-9-16(10-12-27)21-20(13-23-14-24-21)25-17-6-7-17/h1-5,8,13-14,16-17,25H,6-7,9-12H2. The Balaban J connectivity index is 1.28. The smallest absolute Gasteiger partial charge is 0.272 e. The van der Waals surface area contributed by atoms with E-state index in [1.54, 1.807) is 6.33 Å². The number of likely N-dealkylation sites (tertiary alicyclic amines) is 1. The summed E-state index contributed by atoms with van der Waals surface area (Å²) >= 11 is 0. The number of hydrogen-bond acceptors (Lipinski definition) is 5. The van der Waals surface area contributed by atoms with Gasteiger partial charge in [-0.2, -0.15) is 0 Å². The highest BCUT2D eigenvalue weighted by Crippen LogP contribution is 2.34. The van der Waals surface area contributed by atoms with Gasteiger partial charge >= 0.3 is 0 Å². The Bertz CT molecular complexity index is 1010. The largest absolute Gasteiger partial charge is 0.380 e. The molecule has 1 saturated carbocycles. The first-order chi connectivity index (χ1) is 13.8. The second kappa shape index (κ2) is 7.19. The van der Waals surface area contributed by atoms with Crippen LogP contribution in [-0.2, 0) is 0 Å². The van der Waals surface area contributed by atoms with Crippen molar-refractivity contribution in [3.63, 3.8) is 0 Å². The van der Waals surface area contributed by atoms with E-state index in [0.29, 0.717) is 17.7 Å². The number of para-hydroxylation sites is 1. The maximum atomic E-state index is 12.9. The molecular formula is C22H23N5O. The highest BCUT2D eigenvalue weighted by Gasteiger charge is 2.29. The van der Waals surface area contributed by atoms with Crippen molar-refractivity contribution < 1.29 is 4.79 Å². The molecule has 1 aliphatic heterocycles. The molecule has 142 valence electrons. The van der Waals surface area contributed by atoms with E-state index in [-0.39, 0.29) is 5.91 Å². The molecule has 6 nitrogen and oxygen atoms in total. The molecule has 6 heteroatoms. The number of carbonyl (C=O) groups excluding carboxylic acids is 1. The van der Waals surface area contributed by atoms with Crippen LogP contribution in [0.5, 0.6) is 0 Å². The first-order valence-electron chi connectivity index (χ1n) is 9.99. The molecule has 0 spiro atoms. The molecule has 1 N–H and O–H groups in total. The molecule has 3 aromatic rings. The molecule has 1 saturated heterocycles. The van der Waals surface area contributed by atoms with Crippen molar-refractivity contribution in [2.24, 2.45) is 0 Å². The minimum Gasteiger partial charge on any atom is -0.380 e. The van der Waals surface area contributed by atoms with E-state index in [0.717, 1.165) is 48.2 Å². The molecule has 2 aromatic heterocycles. The molecule has 1 aromatic carbocycles. The summed E-state index contributed by atoms with van der Waals surface area (Å²) in [6, 6.07) is 12.3. The number of piperidine rings is 1. The second-order valence-electron chi connectivity index (χ2n) is 7.70. The van der Waals surface area contributed by atoms with Gasteiger partial charge in [-0.25, -0.2) is 15.0 Å². The molecule has 0 unspecified atom stereocenters. The molecule has 0 radical (unpaired) electrons. The Labute approximate surface area is 164 Å². The molecular weight excluding hydrogens is 350 g/mol. The highest BCUT2D eigenvalue weighted by molar-refractivity contribution is 5.95. The Kier molecular flexibility index (Phi) is 4.39. The topological polar surface area (TPSA) is 71.0 Å². The van der Waals surface area contributed by atoms with Gasteiger partial charge in [0.05, 0.1) is 23.1 Å². The van der Waals surface area contributed by atoms with Crippen molar-refractivity contribution in [3.8, 4) is 0 Å². The Morgan fingerprint density at radius 1 is 1.04 bits per heavy atom. The third kappa shape index (κ3) is 3.42. The fourth-order valence-corrected chi connectivity index (χ4v) is 3.93. The summed E-state index contributed by atoms with van der Waals surface area (Å²) in [5.74, 6) is 0.376. The predicted molar refractivity (Wildman–Crippen MR) is 108 cm³/mol. The zero-order chi connectivity index (χ0) is 18.9. The van der Waals surface area contributed by atoms with Crippen molar-refractivity contribution in [2.75, 3.05) is 18.4 Å². The van der Waals surface area contributed by atoms with Crippen LogP contribution in [-0.4, -0.2) is 44.9 Å². The van der Waals surface area contributed by atoms with Crippen molar-refractivity contribution in [2.45, 2.75) is 37.6 Å². The van der Waals surface area contributed by atoms with Crippen LogP contribution in [0.15, 0.2) is 48.9 Å². The fraction of sp³-hybridized carbons (Fsp3) is 0.364. The van der Waals surface area contributed by atoms with Gasteiger partial charge < -0.3 is 10.2 Å². The summed E-state index contributed by atoms with van der Waals surface area (Å²) in [6.45, 7) is 1.45. The van der Waals surface area contributed by atoms with Crippen molar-refractivity contribution in [1.29, 1.82) is 0 Å². The lowest BCUT2D eigenvalue weighted by Crippen LogP contribution is -2.38. The Hall–Kier alpha value is -3.02. The molecule has 0 bridgehead atoms. The van der Waals surface area contributed by atoms with E-state index in [9.17, 15) is 4.79 Å². The number of fused-ring (bicyclic) bond motifs is 1. The van der Waals surface area contributed by atoms with Crippen molar-refractivity contribution >= 4 is 22.5 Å². The number of pyridine rings is 1. The number of hydrogen-bond donors (Lipinski definition) is 1. The normalized spacial score (nSPS) is 17.6.